The number of amides is 1. The molecule has 0 aliphatic heterocycles. The molecule has 1 atom stereocenters. The lowest BCUT2D eigenvalue weighted by Gasteiger charge is -2.31. The number of anilines is 2. The van der Waals surface area contributed by atoms with Crippen LogP contribution in [0.2, 0.25) is 0 Å². The van der Waals surface area contributed by atoms with Crippen LogP contribution >= 0.6 is 0 Å². The van der Waals surface area contributed by atoms with Crippen LogP contribution in [0.5, 0.6) is 11.5 Å². The zero-order valence-corrected chi connectivity index (χ0v) is 23.0. The Kier molecular flexibility index (Phi) is 8.87. The Labute approximate surface area is 210 Å². The van der Waals surface area contributed by atoms with Gasteiger partial charge in [-0.2, -0.15) is 0 Å². The highest BCUT2D eigenvalue weighted by Crippen LogP contribution is 2.39. The number of nitrogens with one attached hydrogen (secondary N) is 2. The molecular formula is C27H40N2O5S. The second-order valence-corrected chi connectivity index (χ2v) is 12.0. The highest BCUT2D eigenvalue weighted by molar-refractivity contribution is 7.92. The minimum absolute atomic E-state index is 0.0221. The van der Waals surface area contributed by atoms with E-state index in [0.717, 1.165) is 24.7 Å². The van der Waals surface area contributed by atoms with Crippen molar-refractivity contribution in [3.05, 3.63) is 47.5 Å². The average molecular weight is 505 g/mol. The molecule has 194 valence electrons. The molecule has 0 spiro atoms. The molecule has 1 amide bonds. The molecular weight excluding hydrogens is 464 g/mol. The van der Waals surface area contributed by atoms with Crippen molar-refractivity contribution in [3.8, 4) is 11.5 Å². The SMILES string of the molecule is CCC(Oc1ccc(C(C)(C)CC)cc1C(C)(C)CC)C(=O)Nc1ccc(NS(C)(=O)=O)cc1O. The number of phenolic OH excluding ortho intramolecular Hbond substituents is 1. The third kappa shape index (κ3) is 7.37. The van der Waals surface area contributed by atoms with Gasteiger partial charge in [0.05, 0.1) is 17.6 Å². The van der Waals surface area contributed by atoms with Crippen molar-refractivity contribution in [2.75, 3.05) is 16.3 Å². The first-order valence-corrected chi connectivity index (χ1v) is 14.0. The molecule has 0 saturated heterocycles. The molecule has 0 aliphatic rings. The predicted molar refractivity (Wildman–Crippen MR) is 143 cm³/mol. The summed E-state index contributed by atoms with van der Waals surface area (Å²) in [7, 11) is -3.48. The third-order valence-electron chi connectivity index (χ3n) is 6.75. The van der Waals surface area contributed by atoms with Gasteiger partial charge in [0.15, 0.2) is 6.10 Å². The summed E-state index contributed by atoms with van der Waals surface area (Å²) >= 11 is 0. The Balaban J connectivity index is 2.32. The first kappa shape index (κ1) is 28.5. The van der Waals surface area contributed by atoms with Crippen LogP contribution in [0.3, 0.4) is 0 Å². The second-order valence-electron chi connectivity index (χ2n) is 10.3. The Bertz CT molecular complexity index is 1160. The van der Waals surface area contributed by atoms with Gasteiger partial charge in [-0.15, -0.1) is 0 Å². The molecule has 0 radical (unpaired) electrons. The number of rotatable bonds is 11. The number of benzene rings is 2. The number of carbonyl (C=O) groups is 1. The van der Waals surface area contributed by atoms with Gasteiger partial charge in [0.25, 0.3) is 5.91 Å². The maximum absolute atomic E-state index is 13.1. The van der Waals surface area contributed by atoms with Gasteiger partial charge in [0.2, 0.25) is 10.0 Å². The standard InChI is InChI=1S/C27H40N2O5S/c1-9-23(25(31)28-21-14-13-19(17-22(21)30)29-35(8,32)33)34-24-15-12-18(26(4,5)10-2)16-20(24)27(6,7)11-3/h12-17,23,29-30H,9-11H2,1-8H3,(H,28,31). The van der Waals surface area contributed by atoms with Crippen molar-refractivity contribution >= 4 is 27.3 Å². The van der Waals surface area contributed by atoms with Gasteiger partial charge in [-0.05, 0) is 53.9 Å². The van der Waals surface area contributed by atoms with Crippen LogP contribution in [0.1, 0.15) is 78.9 Å². The predicted octanol–water partition coefficient (Wildman–Crippen LogP) is 5.94. The van der Waals surface area contributed by atoms with Crippen molar-refractivity contribution in [2.45, 2.75) is 84.7 Å². The number of ether oxygens (including phenoxy) is 1. The number of sulfonamides is 1. The van der Waals surface area contributed by atoms with E-state index >= 15 is 0 Å². The van der Waals surface area contributed by atoms with Crippen LogP contribution in [-0.2, 0) is 25.6 Å². The molecule has 2 aromatic rings. The van der Waals surface area contributed by atoms with E-state index in [1.807, 2.05) is 13.0 Å². The largest absolute Gasteiger partial charge is 0.506 e. The normalized spacial score (nSPS) is 13.3. The van der Waals surface area contributed by atoms with Crippen molar-refractivity contribution < 1.29 is 23.1 Å². The maximum atomic E-state index is 13.1. The molecule has 0 fully saturated rings. The number of phenols is 1. The second kappa shape index (κ2) is 10.9. The van der Waals surface area contributed by atoms with Gasteiger partial charge in [0.1, 0.15) is 11.5 Å². The zero-order valence-electron chi connectivity index (χ0n) is 22.2. The lowest BCUT2D eigenvalue weighted by molar-refractivity contribution is -0.122. The summed E-state index contributed by atoms with van der Waals surface area (Å²) in [5.74, 6) is 0.0251. The van der Waals surface area contributed by atoms with Crippen LogP contribution in [0.25, 0.3) is 0 Å². The topological polar surface area (TPSA) is 105 Å². The fraction of sp³-hybridized carbons (Fsp3) is 0.519. The fourth-order valence-electron chi connectivity index (χ4n) is 3.58. The summed E-state index contributed by atoms with van der Waals surface area (Å²) in [5, 5.41) is 13.0. The van der Waals surface area contributed by atoms with E-state index in [9.17, 15) is 18.3 Å². The van der Waals surface area contributed by atoms with Gasteiger partial charge in [-0.3, -0.25) is 9.52 Å². The highest BCUT2D eigenvalue weighted by atomic mass is 32.2. The smallest absolute Gasteiger partial charge is 0.265 e. The van der Waals surface area contributed by atoms with E-state index in [4.69, 9.17) is 4.74 Å². The van der Waals surface area contributed by atoms with Crippen molar-refractivity contribution in [3.63, 3.8) is 0 Å². The number of carbonyl (C=O) groups excluding carboxylic acids is 1. The summed E-state index contributed by atoms with van der Waals surface area (Å²) in [6.45, 7) is 14.9. The molecule has 2 aromatic carbocycles. The van der Waals surface area contributed by atoms with Crippen molar-refractivity contribution in [1.82, 2.24) is 0 Å². The van der Waals surface area contributed by atoms with E-state index in [1.54, 1.807) is 0 Å². The summed E-state index contributed by atoms with van der Waals surface area (Å²) in [6.07, 6.45) is 2.58. The first-order chi connectivity index (χ1) is 16.1. The minimum Gasteiger partial charge on any atom is -0.506 e. The molecule has 7 nitrogen and oxygen atoms in total. The van der Waals surface area contributed by atoms with Crippen LogP contribution in [-0.4, -0.2) is 31.8 Å². The Morgan fingerprint density at radius 2 is 1.63 bits per heavy atom. The van der Waals surface area contributed by atoms with Crippen molar-refractivity contribution in [1.29, 1.82) is 0 Å². The average Bonchev–Trinajstić information content (AvgIpc) is 2.77. The Morgan fingerprint density at radius 1 is 1.00 bits per heavy atom. The van der Waals surface area contributed by atoms with Gasteiger partial charge in [-0.25, -0.2) is 8.42 Å². The summed E-state index contributed by atoms with van der Waals surface area (Å²) in [6, 6.07) is 10.4. The van der Waals surface area contributed by atoms with Gasteiger partial charge >= 0.3 is 0 Å². The molecule has 1 unspecified atom stereocenters. The number of hydrogen-bond donors (Lipinski definition) is 3. The Hall–Kier alpha value is -2.74. The lowest BCUT2D eigenvalue weighted by Crippen LogP contribution is -2.33. The molecule has 35 heavy (non-hydrogen) atoms. The van der Waals surface area contributed by atoms with E-state index in [0.29, 0.717) is 12.2 Å². The van der Waals surface area contributed by atoms with Gasteiger partial charge in [-0.1, -0.05) is 60.6 Å². The highest BCUT2D eigenvalue weighted by Gasteiger charge is 2.29. The monoisotopic (exact) mass is 504 g/mol. The lowest BCUT2D eigenvalue weighted by atomic mass is 9.76. The fourth-order valence-corrected chi connectivity index (χ4v) is 4.14. The third-order valence-corrected chi connectivity index (χ3v) is 7.36. The molecule has 3 N–H and O–H groups in total. The maximum Gasteiger partial charge on any atom is 0.265 e. The molecule has 0 aromatic heterocycles. The minimum atomic E-state index is -3.48. The molecule has 0 heterocycles. The summed E-state index contributed by atoms with van der Waals surface area (Å²) < 4.78 is 31.4. The van der Waals surface area contributed by atoms with Crippen LogP contribution in [0, 0.1) is 0 Å². The summed E-state index contributed by atoms with van der Waals surface area (Å²) in [4.78, 5) is 13.1. The molecule has 8 heteroatoms. The quantitative estimate of drug-likeness (QED) is 0.329. The van der Waals surface area contributed by atoms with E-state index in [-0.39, 0.29) is 28.0 Å². The van der Waals surface area contributed by atoms with E-state index in [1.165, 1.54) is 23.8 Å². The first-order valence-electron chi connectivity index (χ1n) is 12.1. The van der Waals surface area contributed by atoms with Crippen LogP contribution < -0.4 is 14.8 Å². The number of aromatic hydroxyl groups is 1. The zero-order chi connectivity index (χ0) is 26.6. The Morgan fingerprint density at radius 3 is 2.14 bits per heavy atom. The molecule has 0 aliphatic carbocycles. The molecule has 0 saturated carbocycles. The summed E-state index contributed by atoms with van der Waals surface area (Å²) in [5.41, 5.74) is 2.54. The van der Waals surface area contributed by atoms with E-state index in [2.05, 4.69) is 63.7 Å². The number of hydrogen-bond acceptors (Lipinski definition) is 5. The van der Waals surface area contributed by atoms with E-state index < -0.39 is 22.0 Å². The molecule has 0 bridgehead atoms. The van der Waals surface area contributed by atoms with Crippen LogP contribution in [0.4, 0.5) is 11.4 Å². The van der Waals surface area contributed by atoms with Crippen molar-refractivity contribution in [2.24, 2.45) is 0 Å². The van der Waals surface area contributed by atoms with Crippen LogP contribution in [0.15, 0.2) is 36.4 Å². The van der Waals surface area contributed by atoms with Gasteiger partial charge < -0.3 is 15.2 Å². The molecule has 2 rings (SSSR count). The van der Waals surface area contributed by atoms with Gasteiger partial charge in [0, 0.05) is 11.6 Å².